The summed E-state index contributed by atoms with van der Waals surface area (Å²) in [4.78, 5) is 14.9. The molecule has 1 aliphatic carbocycles. The second kappa shape index (κ2) is 8.10. The molecule has 0 radical (unpaired) electrons. The number of aryl methyl sites for hydroxylation is 2. The Kier molecular flexibility index (Phi) is 5.35. The van der Waals surface area contributed by atoms with Gasteiger partial charge in [0.1, 0.15) is 0 Å². The first-order chi connectivity index (χ1) is 14.4. The van der Waals surface area contributed by atoms with Gasteiger partial charge in [-0.15, -0.1) is 0 Å². The standard InChI is InChI=1S/C23H26N4O3/c1-15-11-16(2)27(25-15)20-6-4-5-18(13-20)24-23(29)26(19-8-9-19)14-17-7-10-21(28)22(12-17)30-3/h4-7,10-13,19,28H,8-9,14H2,1-3H3,(H,24,29). The third-order valence-electron chi connectivity index (χ3n) is 5.20. The quantitative estimate of drug-likeness (QED) is 0.636. The number of hydrogen-bond acceptors (Lipinski definition) is 4. The molecule has 0 saturated heterocycles. The Morgan fingerprint density at radius 3 is 2.70 bits per heavy atom. The molecule has 3 aromatic rings. The predicted octanol–water partition coefficient (Wildman–Crippen LogP) is 4.40. The zero-order chi connectivity index (χ0) is 21.3. The first-order valence-corrected chi connectivity index (χ1v) is 10.0. The molecule has 4 rings (SSSR count). The number of hydrogen-bond donors (Lipinski definition) is 2. The lowest BCUT2D eigenvalue weighted by atomic mass is 10.2. The van der Waals surface area contributed by atoms with Crippen LogP contribution in [0.15, 0.2) is 48.5 Å². The van der Waals surface area contributed by atoms with Gasteiger partial charge in [0.25, 0.3) is 0 Å². The van der Waals surface area contributed by atoms with E-state index in [1.165, 1.54) is 7.11 Å². The number of amides is 2. The van der Waals surface area contributed by atoms with E-state index in [4.69, 9.17) is 4.74 Å². The monoisotopic (exact) mass is 406 g/mol. The van der Waals surface area contributed by atoms with Gasteiger partial charge in [-0.25, -0.2) is 9.48 Å². The van der Waals surface area contributed by atoms with E-state index in [2.05, 4.69) is 10.4 Å². The molecule has 7 heteroatoms. The third kappa shape index (κ3) is 4.25. The van der Waals surface area contributed by atoms with Crippen LogP contribution in [0.4, 0.5) is 10.5 Å². The van der Waals surface area contributed by atoms with E-state index in [1.54, 1.807) is 12.1 Å². The van der Waals surface area contributed by atoms with E-state index in [0.29, 0.717) is 12.3 Å². The molecule has 1 aromatic heterocycles. The number of carbonyl (C=O) groups is 1. The van der Waals surface area contributed by atoms with Crippen LogP contribution in [0, 0.1) is 13.8 Å². The molecule has 2 N–H and O–H groups in total. The molecule has 0 spiro atoms. The number of nitrogens with one attached hydrogen (secondary N) is 1. The number of benzene rings is 2. The molecule has 7 nitrogen and oxygen atoms in total. The Labute approximate surface area is 175 Å². The van der Waals surface area contributed by atoms with Crippen molar-refractivity contribution in [3.8, 4) is 17.2 Å². The van der Waals surface area contributed by atoms with Gasteiger partial charge in [0, 0.05) is 24.0 Å². The molecule has 0 aliphatic heterocycles. The summed E-state index contributed by atoms with van der Waals surface area (Å²) < 4.78 is 7.06. The Bertz CT molecular complexity index is 1070. The minimum atomic E-state index is -0.143. The molecule has 1 heterocycles. The van der Waals surface area contributed by atoms with Gasteiger partial charge in [0.15, 0.2) is 11.5 Å². The summed E-state index contributed by atoms with van der Waals surface area (Å²) in [5, 5.41) is 17.4. The number of nitrogens with zero attached hydrogens (tertiary/aromatic N) is 3. The first kappa shape index (κ1) is 19.8. The number of aromatic nitrogens is 2. The fraction of sp³-hybridized carbons (Fsp3) is 0.304. The van der Waals surface area contributed by atoms with Crippen LogP contribution in [-0.2, 0) is 6.54 Å². The average molecular weight is 406 g/mol. The highest BCUT2D eigenvalue weighted by Gasteiger charge is 2.32. The van der Waals surface area contributed by atoms with Gasteiger partial charge < -0.3 is 20.1 Å². The fourth-order valence-corrected chi connectivity index (χ4v) is 3.57. The van der Waals surface area contributed by atoms with E-state index in [9.17, 15) is 9.90 Å². The van der Waals surface area contributed by atoms with Crippen molar-refractivity contribution in [1.82, 2.24) is 14.7 Å². The molecular formula is C23H26N4O3. The predicted molar refractivity (Wildman–Crippen MR) is 115 cm³/mol. The van der Waals surface area contributed by atoms with Crippen molar-refractivity contribution in [3.05, 3.63) is 65.5 Å². The number of phenols is 1. The maximum atomic E-state index is 13.1. The normalized spacial score (nSPS) is 13.2. The molecular weight excluding hydrogens is 380 g/mol. The van der Waals surface area contributed by atoms with Gasteiger partial charge in [0.2, 0.25) is 0 Å². The number of phenolic OH excluding ortho intramolecular Hbond substituents is 1. The Morgan fingerprint density at radius 2 is 2.03 bits per heavy atom. The highest BCUT2D eigenvalue weighted by molar-refractivity contribution is 5.90. The van der Waals surface area contributed by atoms with Crippen LogP contribution in [0.2, 0.25) is 0 Å². The maximum Gasteiger partial charge on any atom is 0.322 e. The molecule has 1 aliphatic rings. The van der Waals surface area contributed by atoms with Crippen molar-refractivity contribution in [2.24, 2.45) is 0 Å². The lowest BCUT2D eigenvalue weighted by Crippen LogP contribution is -2.36. The zero-order valence-electron chi connectivity index (χ0n) is 17.4. The van der Waals surface area contributed by atoms with Crippen molar-refractivity contribution in [2.75, 3.05) is 12.4 Å². The van der Waals surface area contributed by atoms with Crippen LogP contribution in [0.1, 0.15) is 29.8 Å². The van der Waals surface area contributed by atoms with Gasteiger partial charge in [-0.05, 0) is 68.7 Å². The number of anilines is 1. The fourth-order valence-electron chi connectivity index (χ4n) is 3.57. The zero-order valence-corrected chi connectivity index (χ0v) is 17.4. The molecule has 2 aromatic carbocycles. The molecule has 1 fully saturated rings. The highest BCUT2D eigenvalue weighted by atomic mass is 16.5. The molecule has 30 heavy (non-hydrogen) atoms. The van der Waals surface area contributed by atoms with Crippen LogP contribution in [0.3, 0.4) is 0 Å². The summed E-state index contributed by atoms with van der Waals surface area (Å²) >= 11 is 0. The summed E-state index contributed by atoms with van der Waals surface area (Å²) in [6.45, 7) is 4.41. The smallest absolute Gasteiger partial charge is 0.322 e. The van der Waals surface area contributed by atoms with Crippen molar-refractivity contribution in [1.29, 1.82) is 0 Å². The van der Waals surface area contributed by atoms with Crippen molar-refractivity contribution in [3.63, 3.8) is 0 Å². The minimum Gasteiger partial charge on any atom is -0.504 e. The van der Waals surface area contributed by atoms with E-state index in [1.807, 2.05) is 59.8 Å². The SMILES string of the molecule is COc1cc(CN(C(=O)Nc2cccc(-n3nc(C)cc3C)c2)C2CC2)ccc1O. The van der Waals surface area contributed by atoms with Gasteiger partial charge >= 0.3 is 6.03 Å². The van der Waals surface area contributed by atoms with Crippen molar-refractivity contribution >= 4 is 11.7 Å². The van der Waals surface area contributed by atoms with Crippen LogP contribution in [0.5, 0.6) is 11.5 Å². The number of rotatable bonds is 6. The lowest BCUT2D eigenvalue weighted by Gasteiger charge is -2.23. The van der Waals surface area contributed by atoms with Crippen LogP contribution in [-0.4, -0.2) is 39.0 Å². The lowest BCUT2D eigenvalue weighted by molar-refractivity contribution is 0.206. The van der Waals surface area contributed by atoms with Crippen LogP contribution < -0.4 is 10.1 Å². The number of urea groups is 1. The number of aromatic hydroxyl groups is 1. The van der Waals surface area contributed by atoms with E-state index in [0.717, 1.165) is 41.2 Å². The summed E-state index contributed by atoms with van der Waals surface area (Å²) in [5.41, 5.74) is 4.52. The average Bonchev–Trinajstić information content (AvgIpc) is 3.50. The Hall–Kier alpha value is -3.48. The summed E-state index contributed by atoms with van der Waals surface area (Å²) in [7, 11) is 1.51. The summed E-state index contributed by atoms with van der Waals surface area (Å²) in [6.07, 6.45) is 1.99. The topological polar surface area (TPSA) is 79.6 Å². The number of methoxy groups -OCH3 is 1. The van der Waals surface area contributed by atoms with Gasteiger partial charge in [-0.3, -0.25) is 0 Å². The van der Waals surface area contributed by atoms with Gasteiger partial charge in [-0.1, -0.05) is 12.1 Å². The highest BCUT2D eigenvalue weighted by Crippen LogP contribution is 2.32. The van der Waals surface area contributed by atoms with Crippen molar-refractivity contribution < 1.29 is 14.6 Å². The second-order valence-corrected chi connectivity index (χ2v) is 7.68. The minimum absolute atomic E-state index is 0.0876. The van der Waals surface area contributed by atoms with Crippen LogP contribution >= 0.6 is 0 Å². The first-order valence-electron chi connectivity index (χ1n) is 10.0. The Balaban J connectivity index is 1.51. The van der Waals surface area contributed by atoms with E-state index >= 15 is 0 Å². The maximum absolute atomic E-state index is 13.1. The largest absolute Gasteiger partial charge is 0.504 e. The number of ether oxygens (including phenoxy) is 1. The molecule has 156 valence electrons. The number of carbonyl (C=O) groups excluding carboxylic acids is 1. The molecule has 0 unspecified atom stereocenters. The molecule has 2 amide bonds. The molecule has 0 atom stereocenters. The molecule has 0 bridgehead atoms. The van der Waals surface area contributed by atoms with Crippen molar-refractivity contribution in [2.45, 2.75) is 39.3 Å². The van der Waals surface area contributed by atoms with Gasteiger partial charge in [-0.2, -0.15) is 5.10 Å². The van der Waals surface area contributed by atoms with Gasteiger partial charge in [0.05, 0.1) is 18.5 Å². The van der Waals surface area contributed by atoms with E-state index < -0.39 is 0 Å². The molecule has 1 saturated carbocycles. The summed E-state index contributed by atoms with van der Waals surface area (Å²) in [6, 6.07) is 14.9. The van der Waals surface area contributed by atoms with Crippen LogP contribution in [0.25, 0.3) is 5.69 Å². The third-order valence-corrected chi connectivity index (χ3v) is 5.20. The Morgan fingerprint density at radius 1 is 1.23 bits per heavy atom. The van der Waals surface area contributed by atoms with E-state index in [-0.39, 0.29) is 17.8 Å². The summed E-state index contributed by atoms with van der Waals surface area (Å²) in [5.74, 6) is 0.492. The second-order valence-electron chi connectivity index (χ2n) is 7.68.